The largest absolute Gasteiger partial charge is 0.454 e. The summed E-state index contributed by atoms with van der Waals surface area (Å²) in [5, 5.41) is 15.4. The van der Waals surface area contributed by atoms with E-state index < -0.39 is 14.9 Å². The second kappa shape index (κ2) is 8.75. The topological polar surface area (TPSA) is 123 Å². The molecule has 10 nitrogen and oxygen atoms in total. The molecule has 2 heterocycles. The number of hydrazone groups is 1. The van der Waals surface area contributed by atoms with Gasteiger partial charge in [0.05, 0.1) is 16.8 Å². The number of non-ortho nitro benzene ring substituents is 1. The molecule has 2 atom stereocenters. The summed E-state index contributed by atoms with van der Waals surface area (Å²) in [4.78, 5) is 10.5. The molecule has 2 aromatic carbocycles. The van der Waals surface area contributed by atoms with Crippen molar-refractivity contribution in [2.75, 3.05) is 18.8 Å². The van der Waals surface area contributed by atoms with Gasteiger partial charge in [0.2, 0.25) is 16.8 Å². The third-order valence-electron chi connectivity index (χ3n) is 5.64. The number of hydrogen-bond acceptors (Lipinski definition) is 8. The van der Waals surface area contributed by atoms with Gasteiger partial charge in [-0.15, -0.1) is 0 Å². The SMILES string of the molecule is C[C@@H]1CCN(S(=O)(=O)c2cc([N+](=O)[O-])ccc2N/N=C\c2ccc3c(c2)OCO3)[C@@H](C)C1. The van der Waals surface area contributed by atoms with Gasteiger partial charge in [-0.2, -0.15) is 9.41 Å². The van der Waals surface area contributed by atoms with Crippen molar-refractivity contribution in [1.82, 2.24) is 4.31 Å². The lowest BCUT2D eigenvalue weighted by Crippen LogP contribution is -2.44. The van der Waals surface area contributed by atoms with Crippen molar-refractivity contribution in [3.05, 3.63) is 52.1 Å². The number of nitrogens with one attached hydrogen (secondary N) is 1. The first kappa shape index (κ1) is 22.0. The van der Waals surface area contributed by atoms with Crippen LogP contribution in [-0.4, -0.2) is 43.2 Å². The highest BCUT2D eigenvalue weighted by atomic mass is 32.2. The van der Waals surface area contributed by atoms with Crippen LogP contribution >= 0.6 is 0 Å². The van der Waals surface area contributed by atoms with E-state index in [2.05, 4.69) is 17.5 Å². The van der Waals surface area contributed by atoms with E-state index in [1.165, 1.54) is 22.7 Å². The van der Waals surface area contributed by atoms with Crippen LogP contribution in [0.25, 0.3) is 0 Å². The Kier molecular flexibility index (Phi) is 6.02. The van der Waals surface area contributed by atoms with E-state index in [0.717, 1.165) is 18.9 Å². The van der Waals surface area contributed by atoms with Gasteiger partial charge in [0.25, 0.3) is 5.69 Å². The van der Waals surface area contributed by atoms with Gasteiger partial charge in [-0.25, -0.2) is 8.42 Å². The minimum absolute atomic E-state index is 0.159. The Morgan fingerprint density at radius 3 is 2.72 bits per heavy atom. The van der Waals surface area contributed by atoms with Crippen LogP contribution < -0.4 is 14.9 Å². The number of nitro groups is 1. The summed E-state index contributed by atoms with van der Waals surface area (Å²) in [5.74, 6) is 1.66. The third-order valence-corrected chi connectivity index (χ3v) is 7.69. The van der Waals surface area contributed by atoms with Crippen molar-refractivity contribution in [3.8, 4) is 11.5 Å². The average Bonchev–Trinajstić information content (AvgIpc) is 3.21. The lowest BCUT2D eigenvalue weighted by Gasteiger charge is -2.35. The minimum atomic E-state index is -3.97. The van der Waals surface area contributed by atoms with Gasteiger partial charge < -0.3 is 9.47 Å². The number of fused-ring (bicyclic) bond motifs is 1. The Bertz CT molecular complexity index is 1170. The Morgan fingerprint density at radius 2 is 1.97 bits per heavy atom. The van der Waals surface area contributed by atoms with Crippen molar-refractivity contribution in [1.29, 1.82) is 0 Å². The molecule has 0 spiro atoms. The molecule has 0 unspecified atom stereocenters. The van der Waals surface area contributed by atoms with E-state index in [1.54, 1.807) is 18.2 Å². The van der Waals surface area contributed by atoms with E-state index >= 15 is 0 Å². The molecule has 11 heteroatoms. The molecule has 0 bridgehead atoms. The number of anilines is 1. The van der Waals surface area contributed by atoms with E-state index in [-0.39, 0.29) is 29.1 Å². The highest BCUT2D eigenvalue weighted by molar-refractivity contribution is 7.89. The van der Waals surface area contributed by atoms with Crippen molar-refractivity contribution in [2.24, 2.45) is 11.0 Å². The van der Waals surface area contributed by atoms with Gasteiger partial charge in [-0.1, -0.05) is 6.92 Å². The molecular formula is C21H24N4O6S. The molecule has 170 valence electrons. The molecule has 1 saturated heterocycles. The molecule has 0 radical (unpaired) electrons. The van der Waals surface area contributed by atoms with E-state index in [0.29, 0.717) is 29.5 Å². The van der Waals surface area contributed by atoms with Gasteiger partial charge in [-0.3, -0.25) is 15.5 Å². The third kappa shape index (κ3) is 4.39. The lowest BCUT2D eigenvalue weighted by atomic mass is 9.95. The first-order valence-electron chi connectivity index (χ1n) is 10.2. The van der Waals surface area contributed by atoms with E-state index in [9.17, 15) is 18.5 Å². The number of rotatable bonds is 6. The monoisotopic (exact) mass is 460 g/mol. The van der Waals surface area contributed by atoms with Gasteiger partial charge in [0.1, 0.15) is 4.90 Å². The van der Waals surface area contributed by atoms with Crippen molar-refractivity contribution in [3.63, 3.8) is 0 Å². The smallest absolute Gasteiger partial charge is 0.270 e. The Hall–Kier alpha value is -3.18. The fraction of sp³-hybridized carbons (Fsp3) is 0.381. The fourth-order valence-electron chi connectivity index (χ4n) is 3.97. The molecule has 32 heavy (non-hydrogen) atoms. The van der Waals surface area contributed by atoms with Crippen molar-refractivity contribution < 1.29 is 22.8 Å². The van der Waals surface area contributed by atoms with Crippen LogP contribution in [0.15, 0.2) is 46.4 Å². The number of sulfonamides is 1. The molecule has 2 aliphatic heterocycles. The van der Waals surface area contributed by atoms with Crippen LogP contribution in [0.1, 0.15) is 32.3 Å². The summed E-state index contributed by atoms with van der Waals surface area (Å²) in [6.45, 7) is 4.47. The lowest BCUT2D eigenvalue weighted by molar-refractivity contribution is -0.385. The second-order valence-electron chi connectivity index (χ2n) is 8.01. The first-order chi connectivity index (χ1) is 15.3. The van der Waals surface area contributed by atoms with Crippen LogP contribution in [0.4, 0.5) is 11.4 Å². The summed E-state index contributed by atoms with van der Waals surface area (Å²) in [7, 11) is -3.97. The Morgan fingerprint density at radius 1 is 1.19 bits per heavy atom. The number of benzene rings is 2. The Labute approximate surface area is 186 Å². The molecule has 0 aromatic heterocycles. The number of piperidine rings is 1. The fourth-order valence-corrected chi connectivity index (χ4v) is 5.79. The molecule has 0 saturated carbocycles. The van der Waals surface area contributed by atoms with Gasteiger partial charge >= 0.3 is 0 Å². The van der Waals surface area contributed by atoms with Crippen LogP contribution in [0.2, 0.25) is 0 Å². The first-order valence-corrected chi connectivity index (χ1v) is 11.7. The zero-order chi connectivity index (χ0) is 22.9. The summed E-state index contributed by atoms with van der Waals surface area (Å²) >= 11 is 0. The average molecular weight is 461 g/mol. The standard InChI is InChI=1S/C21H24N4O6S/c1-14-7-8-24(15(2)9-14)32(28,29)21-11-17(25(26)27)4-5-18(21)23-22-12-16-3-6-19-20(10-16)31-13-30-19/h3-6,10-12,14-15,23H,7-9,13H2,1-2H3/b22-12-/t14-,15+/m1/s1. The molecule has 1 fully saturated rings. The van der Waals surface area contributed by atoms with Crippen LogP contribution in [0.5, 0.6) is 11.5 Å². The van der Waals surface area contributed by atoms with Crippen LogP contribution in [-0.2, 0) is 10.0 Å². The summed E-state index contributed by atoms with van der Waals surface area (Å²) in [6.07, 6.45) is 2.98. The predicted octanol–water partition coefficient (Wildman–Crippen LogP) is 3.58. The van der Waals surface area contributed by atoms with E-state index in [4.69, 9.17) is 9.47 Å². The van der Waals surface area contributed by atoms with Gasteiger partial charge in [0, 0.05) is 24.7 Å². The number of hydrogen-bond donors (Lipinski definition) is 1. The minimum Gasteiger partial charge on any atom is -0.454 e. The zero-order valence-corrected chi connectivity index (χ0v) is 18.5. The maximum Gasteiger partial charge on any atom is 0.270 e. The maximum absolute atomic E-state index is 13.4. The number of nitro benzene ring substituents is 1. The summed E-state index contributed by atoms with van der Waals surface area (Å²) in [6, 6.07) is 8.77. The van der Waals surface area contributed by atoms with Crippen LogP contribution in [0.3, 0.4) is 0 Å². The van der Waals surface area contributed by atoms with Crippen LogP contribution in [0, 0.1) is 16.0 Å². The molecule has 0 aliphatic carbocycles. The summed E-state index contributed by atoms with van der Waals surface area (Å²) < 4.78 is 38.9. The number of ether oxygens (including phenoxy) is 2. The molecule has 2 aromatic rings. The quantitative estimate of drug-likeness (QED) is 0.397. The molecule has 1 N–H and O–H groups in total. The maximum atomic E-state index is 13.4. The Balaban J connectivity index is 1.63. The highest BCUT2D eigenvalue weighted by Crippen LogP contribution is 2.34. The zero-order valence-electron chi connectivity index (χ0n) is 17.7. The summed E-state index contributed by atoms with van der Waals surface area (Å²) in [5.41, 5.74) is 3.31. The second-order valence-corrected chi connectivity index (χ2v) is 9.87. The normalized spacial score (nSPS) is 21.1. The number of nitrogens with zero attached hydrogens (tertiary/aromatic N) is 3. The highest BCUT2D eigenvalue weighted by Gasteiger charge is 2.35. The van der Waals surface area contributed by atoms with Crippen molar-refractivity contribution >= 4 is 27.6 Å². The van der Waals surface area contributed by atoms with Crippen molar-refractivity contribution in [2.45, 2.75) is 37.6 Å². The van der Waals surface area contributed by atoms with E-state index in [1.807, 2.05) is 6.92 Å². The van der Waals surface area contributed by atoms with Gasteiger partial charge in [-0.05, 0) is 55.5 Å². The molecule has 2 aliphatic rings. The molecule has 0 amide bonds. The molecule has 4 rings (SSSR count). The van der Waals surface area contributed by atoms with Gasteiger partial charge in [0.15, 0.2) is 11.5 Å². The predicted molar refractivity (Wildman–Crippen MR) is 119 cm³/mol. The molecular weight excluding hydrogens is 436 g/mol.